The van der Waals surface area contributed by atoms with E-state index in [4.69, 9.17) is 0 Å². The summed E-state index contributed by atoms with van der Waals surface area (Å²) in [6.07, 6.45) is 5.56. The quantitative estimate of drug-likeness (QED) is 0.253. The van der Waals surface area contributed by atoms with Gasteiger partial charge in [-0.05, 0) is 48.8 Å². The number of nitrogens with one attached hydrogen (secondary N) is 2. The highest BCUT2D eigenvalue weighted by atomic mass is 32.1. The molecule has 2 atom stereocenters. The van der Waals surface area contributed by atoms with E-state index in [-0.39, 0.29) is 23.3 Å². The highest BCUT2D eigenvalue weighted by Gasteiger charge is 2.22. The second kappa shape index (κ2) is 10.5. The molecule has 1 unspecified atom stereocenters. The third-order valence-electron chi connectivity index (χ3n) is 4.46. The van der Waals surface area contributed by atoms with Crippen molar-refractivity contribution in [3.63, 3.8) is 0 Å². The highest BCUT2D eigenvalue weighted by Crippen LogP contribution is 2.24. The van der Waals surface area contributed by atoms with Gasteiger partial charge in [-0.15, -0.1) is 0 Å². The van der Waals surface area contributed by atoms with Gasteiger partial charge in [0.15, 0.2) is 0 Å². The summed E-state index contributed by atoms with van der Waals surface area (Å²) in [5.74, 6) is -0.447. The van der Waals surface area contributed by atoms with Crippen LogP contribution in [0.4, 0.5) is 0 Å². The van der Waals surface area contributed by atoms with Crippen molar-refractivity contribution < 1.29 is 19.8 Å². The Balaban J connectivity index is 1.88. The lowest BCUT2D eigenvalue weighted by atomic mass is 10.0. The number of aromatic nitrogens is 1. The molecule has 2 aromatic rings. The molecule has 1 amide bonds. The van der Waals surface area contributed by atoms with Gasteiger partial charge in [0.05, 0.1) is 0 Å². The van der Waals surface area contributed by atoms with E-state index in [1.54, 1.807) is 24.4 Å². The third kappa shape index (κ3) is 6.70. The zero-order valence-corrected chi connectivity index (χ0v) is 16.8. The van der Waals surface area contributed by atoms with E-state index in [9.17, 15) is 19.8 Å². The van der Waals surface area contributed by atoms with Crippen LogP contribution in [0.25, 0.3) is 10.9 Å². The van der Waals surface area contributed by atoms with E-state index in [1.165, 1.54) is 0 Å². The molecule has 0 bridgehead atoms. The molecule has 148 valence electrons. The molecule has 8 heteroatoms. The maximum Gasteiger partial charge on any atom is 0.326 e. The van der Waals surface area contributed by atoms with E-state index in [0.717, 1.165) is 41.5 Å². The first-order valence-corrected chi connectivity index (χ1v) is 10.2. The molecule has 0 aliphatic carbocycles. The molecule has 0 saturated heterocycles. The van der Waals surface area contributed by atoms with Crippen molar-refractivity contribution in [2.75, 3.05) is 5.75 Å². The van der Waals surface area contributed by atoms with E-state index >= 15 is 0 Å². The molecule has 27 heavy (non-hydrogen) atoms. The Morgan fingerprint density at radius 2 is 2.00 bits per heavy atom. The number of carboxylic acids is 1. The van der Waals surface area contributed by atoms with Crippen LogP contribution in [0.3, 0.4) is 0 Å². The molecule has 1 aromatic carbocycles. The average molecular weight is 411 g/mol. The number of aromatic amines is 1. The number of rotatable bonds is 11. The van der Waals surface area contributed by atoms with Gasteiger partial charge in [0.25, 0.3) is 0 Å². The number of phenolic OH excluding ortho intramolecular Hbond substituents is 1. The van der Waals surface area contributed by atoms with Crippen molar-refractivity contribution >= 4 is 48.0 Å². The molecule has 6 nitrogen and oxygen atoms in total. The summed E-state index contributed by atoms with van der Waals surface area (Å²) in [6, 6.07) is 3.86. The molecule has 0 aliphatic rings. The van der Waals surface area contributed by atoms with Gasteiger partial charge in [-0.1, -0.05) is 6.42 Å². The van der Waals surface area contributed by atoms with Gasteiger partial charge in [-0.2, -0.15) is 25.3 Å². The Morgan fingerprint density at radius 1 is 1.22 bits per heavy atom. The molecule has 0 spiro atoms. The summed E-state index contributed by atoms with van der Waals surface area (Å²) in [4.78, 5) is 26.7. The molecule has 0 fully saturated rings. The van der Waals surface area contributed by atoms with Gasteiger partial charge in [-0.25, -0.2) is 4.79 Å². The summed E-state index contributed by atoms with van der Waals surface area (Å²) in [7, 11) is 0. The fourth-order valence-electron chi connectivity index (χ4n) is 2.98. The molecule has 0 saturated carbocycles. The number of carbonyl (C=O) groups excluding carboxylic acids is 1. The number of hydrogen-bond donors (Lipinski definition) is 6. The molecule has 0 radical (unpaired) electrons. The van der Waals surface area contributed by atoms with Crippen LogP contribution in [0.15, 0.2) is 24.4 Å². The fourth-order valence-corrected chi connectivity index (χ4v) is 3.81. The standard InChI is InChI=1S/C19H26N2O4S2/c22-13-5-6-16-15(10-13)12(11-20-16)9-17(19(24)25)21-18(23)4-2-1-3-14(27)7-8-26/h5-6,10-11,14,17,20,22,26-27H,1-4,7-9H2,(H,21,23)(H,24,25)/t14?,17-/m0/s1. The molecular formula is C19H26N2O4S2. The Hall–Kier alpha value is -1.80. The molecule has 4 N–H and O–H groups in total. The first kappa shape index (κ1) is 21.5. The van der Waals surface area contributed by atoms with Crippen molar-refractivity contribution in [2.45, 2.75) is 49.8 Å². The summed E-state index contributed by atoms with van der Waals surface area (Å²) in [5, 5.41) is 22.7. The van der Waals surface area contributed by atoms with Crippen molar-refractivity contribution in [2.24, 2.45) is 0 Å². The number of aromatic hydroxyl groups is 1. The van der Waals surface area contributed by atoms with Gasteiger partial charge in [0, 0.05) is 35.2 Å². The van der Waals surface area contributed by atoms with Gasteiger partial charge in [0.2, 0.25) is 5.91 Å². The van der Waals surface area contributed by atoms with E-state index in [1.807, 2.05) is 0 Å². The van der Waals surface area contributed by atoms with Gasteiger partial charge in [-0.3, -0.25) is 4.79 Å². The predicted molar refractivity (Wildman–Crippen MR) is 113 cm³/mol. The van der Waals surface area contributed by atoms with Crippen LogP contribution in [0.5, 0.6) is 5.75 Å². The minimum atomic E-state index is -1.08. The Labute approximate surface area is 169 Å². The van der Waals surface area contributed by atoms with Crippen molar-refractivity contribution in [1.82, 2.24) is 10.3 Å². The van der Waals surface area contributed by atoms with Crippen LogP contribution >= 0.6 is 25.3 Å². The van der Waals surface area contributed by atoms with Crippen LogP contribution in [0, 0.1) is 0 Å². The fraction of sp³-hybridized carbons (Fsp3) is 0.474. The topological polar surface area (TPSA) is 102 Å². The predicted octanol–water partition coefficient (Wildman–Crippen LogP) is 3.16. The third-order valence-corrected chi connectivity index (χ3v) is 5.24. The zero-order valence-electron chi connectivity index (χ0n) is 15.0. The number of benzene rings is 1. The number of amides is 1. The normalized spacial score (nSPS) is 13.4. The lowest BCUT2D eigenvalue weighted by molar-refractivity contribution is -0.141. The Bertz CT molecular complexity index is 778. The molecule has 0 aliphatic heterocycles. The molecular weight excluding hydrogens is 384 g/mol. The van der Waals surface area contributed by atoms with E-state index < -0.39 is 12.0 Å². The van der Waals surface area contributed by atoms with E-state index in [2.05, 4.69) is 35.6 Å². The maximum absolute atomic E-state index is 12.1. The number of phenols is 1. The number of hydrogen-bond acceptors (Lipinski definition) is 5. The SMILES string of the molecule is O=C(CCCCC(S)CCS)N[C@@H](Cc1c[nH]c2ccc(O)cc12)C(=O)O. The van der Waals surface area contributed by atoms with Crippen LogP contribution in [0.2, 0.25) is 0 Å². The minimum Gasteiger partial charge on any atom is -0.508 e. The van der Waals surface area contributed by atoms with Crippen molar-refractivity contribution in [3.8, 4) is 5.75 Å². The summed E-state index contributed by atoms with van der Waals surface area (Å²) in [6.45, 7) is 0. The second-order valence-corrected chi connectivity index (χ2v) is 7.80. The van der Waals surface area contributed by atoms with Crippen LogP contribution in [-0.2, 0) is 16.0 Å². The molecule has 1 aromatic heterocycles. The van der Waals surface area contributed by atoms with Crippen molar-refractivity contribution in [1.29, 1.82) is 0 Å². The van der Waals surface area contributed by atoms with Gasteiger partial charge in [0.1, 0.15) is 11.8 Å². The zero-order chi connectivity index (χ0) is 19.8. The van der Waals surface area contributed by atoms with Crippen molar-refractivity contribution in [3.05, 3.63) is 30.0 Å². The Morgan fingerprint density at radius 3 is 2.70 bits per heavy atom. The van der Waals surface area contributed by atoms with Gasteiger partial charge < -0.3 is 20.5 Å². The first-order valence-electron chi connectivity index (χ1n) is 9.00. The summed E-state index contributed by atoms with van der Waals surface area (Å²) < 4.78 is 0. The lowest BCUT2D eigenvalue weighted by Crippen LogP contribution is -2.42. The Kier molecular flexibility index (Phi) is 8.37. The minimum absolute atomic E-state index is 0.111. The number of fused-ring (bicyclic) bond motifs is 1. The molecule has 2 rings (SSSR count). The van der Waals surface area contributed by atoms with E-state index in [0.29, 0.717) is 12.8 Å². The lowest BCUT2D eigenvalue weighted by Gasteiger charge is -2.14. The molecule has 1 heterocycles. The number of unbranched alkanes of at least 4 members (excludes halogenated alkanes) is 1. The average Bonchev–Trinajstić information content (AvgIpc) is 3.00. The van der Waals surface area contributed by atoms with Crippen LogP contribution in [-0.4, -0.2) is 44.1 Å². The smallest absolute Gasteiger partial charge is 0.326 e. The van der Waals surface area contributed by atoms with Crippen LogP contribution in [0.1, 0.15) is 37.7 Å². The largest absolute Gasteiger partial charge is 0.508 e. The number of aliphatic carboxylic acids is 1. The summed E-state index contributed by atoms with van der Waals surface area (Å²) in [5.41, 5.74) is 1.54. The number of thiol groups is 2. The highest BCUT2D eigenvalue weighted by molar-refractivity contribution is 7.81. The van der Waals surface area contributed by atoms with Crippen LogP contribution < -0.4 is 5.32 Å². The monoisotopic (exact) mass is 410 g/mol. The number of carboxylic acid groups (broad SMARTS) is 1. The first-order chi connectivity index (χ1) is 12.9. The summed E-state index contributed by atoms with van der Waals surface area (Å²) >= 11 is 8.63. The second-order valence-electron chi connectivity index (χ2n) is 6.62. The number of H-pyrrole nitrogens is 1. The maximum atomic E-state index is 12.1. The van der Waals surface area contributed by atoms with Gasteiger partial charge >= 0.3 is 5.97 Å². The number of carbonyl (C=O) groups is 2.